The van der Waals surface area contributed by atoms with E-state index in [-0.39, 0.29) is 5.91 Å². The minimum Gasteiger partial charge on any atom is -0.381 e. The second-order valence-corrected chi connectivity index (χ2v) is 9.43. The average Bonchev–Trinajstić information content (AvgIpc) is 3.33. The number of aryl methyl sites for hydroxylation is 1. The summed E-state index contributed by atoms with van der Waals surface area (Å²) in [5.74, 6) is 1.05. The second-order valence-electron chi connectivity index (χ2n) is 9.02. The molecule has 0 radical (unpaired) electrons. The fourth-order valence-corrected chi connectivity index (χ4v) is 4.71. The van der Waals surface area contributed by atoms with Gasteiger partial charge in [-0.15, -0.1) is 0 Å². The summed E-state index contributed by atoms with van der Waals surface area (Å²) < 4.78 is 7.13. The van der Waals surface area contributed by atoms with Gasteiger partial charge in [0.1, 0.15) is 11.9 Å². The monoisotopic (exact) mass is 500 g/mol. The number of fused-ring (bicyclic) bond motifs is 1. The predicted molar refractivity (Wildman–Crippen MR) is 135 cm³/mol. The smallest absolute Gasteiger partial charge is 0.252 e. The first-order valence-electron chi connectivity index (χ1n) is 11.8. The molecule has 3 heterocycles. The number of ether oxygens (including phenoxy) is 1. The van der Waals surface area contributed by atoms with Crippen molar-refractivity contribution in [2.24, 2.45) is 13.0 Å². The Balaban J connectivity index is 1.41. The first-order valence-corrected chi connectivity index (χ1v) is 12.2. The van der Waals surface area contributed by atoms with Gasteiger partial charge in [0.15, 0.2) is 0 Å². The lowest BCUT2D eigenvalue weighted by molar-refractivity contribution is 0.0660. The Morgan fingerprint density at radius 3 is 2.78 bits per heavy atom. The van der Waals surface area contributed by atoms with Crippen LogP contribution < -0.4 is 5.32 Å². The molecule has 0 bridgehead atoms. The molecule has 0 aliphatic carbocycles. The zero-order valence-corrected chi connectivity index (χ0v) is 20.6. The zero-order chi connectivity index (χ0) is 25.1. The van der Waals surface area contributed by atoms with Crippen molar-refractivity contribution < 1.29 is 9.53 Å². The fourth-order valence-electron chi connectivity index (χ4n) is 4.47. The standard InChI is InChI=1S/C27H25ClN6O2/c1-34-16-22(15-31-34)26(18-2-4-20(13-29)23(28)11-18)33-27(35)19-3-5-21-14-30-25(32-24(21)12-19)10-17-6-8-36-9-7-17/h2-5,11-12,14-17,26H,6-10H2,1H3,(H,33,35)/t26-/m0/s1. The lowest BCUT2D eigenvalue weighted by Crippen LogP contribution is -2.29. The molecule has 2 aromatic heterocycles. The van der Waals surface area contributed by atoms with Crippen LogP contribution in [0.15, 0.2) is 55.0 Å². The number of benzene rings is 2. The minimum absolute atomic E-state index is 0.254. The summed E-state index contributed by atoms with van der Waals surface area (Å²) in [6, 6.07) is 12.1. The summed E-state index contributed by atoms with van der Waals surface area (Å²) in [6.45, 7) is 1.57. The Kier molecular flexibility index (Phi) is 6.94. The van der Waals surface area contributed by atoms with E-state index in [0.717, 1.165) is 60.3 Å². The molecule has 1 saturated heterocycles. The van der Waals surface area contributed by atoms with Crippen molar-refractivity contribution in [1.82, 2.24) is 25.1 Å². The summed E-state index contributed by atoms with van der Waals surface area (Å²) in [7, 11) is 1.81. The molecule has 1 fully saturated rings. The molecule has 1 atom stereocenters. The van der Waals surface area contributed by atoms with Gasteiger partial charge in [-0.3, -0.25) is 9.48 Å². The van der Waals surface area contributed by atoms with Crippen LogP contribution in [0.3, 0.4) is 0 Å². The van der Waals surface area contributed by atoms with Crippen molar-refractivity contribution in [2.75, 3.05) is 13.2 Å². The normalized spacial score (nSPS) is 14.9. The van der Waals surface area contributed by atoms with E-state index >= 15 is 0 Å². The van der Waals surface area contributed by atoms with Crippen molar-refractivity contribution in [2.45, 2.75) is 25.3 Å². The van der Waals surface area contributed by atoms with Crippen molar-refractivity contribution in [3.8, 4) is 6.07 Å². The number of aromatic nitrogens is 4. The Morgan fingerprint density at radius 1 is 1.22 bits per heavy atom. The van der Waals surface area contributed by atoms with E-state index in [1.807, 2.05) is 25.5 Å². The summed E-state index contributed by atoms with van der Waals surface area (Å²) >= 11 is 6.29. The van der Waals surface area contributed by atoms with Crippen LogP contribution in [0.4, 0.5) is 0 Å². The number of rotatable bonds is 6. The Bertz CT molecular complexity index is 1450. The van der Waals surface area contributed by atoms with Crippen molar-refractivity contribution in [1.29, 1.82) is 5.26 Å². The third-order valence-electron chi connectivity index (χ3n) is 6.49. The summed E-state index contributed by atoms with van der Waals surface area (Å²) in [6.07, 6.45) is 8.19. The highest BCUT2D eigenvalue weighted by Gasteiger charge is 2.21. The van der Waals surface area contributed by atoms with E-state index in [1.54, 1.807) is 41.2 Å². The molecule has 1 aliphatic rings. The number of halogens is 1. The first-order chi connectivity index (χ1) is 17.5. The summed E-state index contributed by atoms with van der Waals surface area (Å²) in [5.41, 5.74) is 3.16. The van der Waals surface area contributed by atoms with Gasteiger partial charge in [0.2, 0.25) is 0 Å². The second kappa shape index (κ2) is 10.4. The maximum atomic E-state index is 13.4. The average molecular weight is 501 g/mol. The van der Waals surface area contributed by atoms with E-state index in [9.17, 15) is 10.1 Å². The van der Waals surface area contributed by atoms with Crippen LogP contribution >= 0.6 is 11.6 Å². The number of nitrogens with one attached hydrogen (secondary N) is 1. The van der Waals surface area contributed by atoms with Gasteiger partial charge in [0.05, 0.1) is 28.3 Å². The first kappa shape index (κ1) is 23.9. The maximum absolute atomic E-state index is 13.4. The molecule has 4 aromatic rings. The topological polar surface area (TPSA) is 106 Å². The van der Waals surface area contributed by atoms with Crippen LogP contribution in [0, 0.1) is 17.2 Å². The van der Waals surface area contributed by atoms with Crippen molar-refractivity contribution >= 4 is 28.4 Å². The molecule has 2 aromatic carbocycles. The van der Waals surface area contributed by atoms with Gasteiger partial charge in [0.25, 0.3) is 5.91 Å². The molecule has 1 N–H and O–H groups in total. The molecule has 0 unspecified atom stereocenters. The number of nitriles is 1. The summed E-state index contributed by atoms with van der Waals surface area (Å²) in [5, 5.41) is 17.8. The van der Waals surface area contributed by atoms with Gasteiger partial charge in [0, 0.05) is 55.6 Å². The molecule has 1 amide bonds. The van der Waals surface area contributed by atoms with Crippen LogP contribution in [0.1, 0.15) is 51.8 Å². The maximum Gasteiger partial charge on any atom is 0.252 e. The molecule has 1 aliphatic heterocycles. The SMILES string of the molecule is Cn1cc([C@@H](NC(=O)c2ccc3cnc(CC4CCOCC4)nc3c2)c2ccc(C#N)c(Cl)c2)cn1. The Morgan fingerprint density at radius 2 is 2.06 bits per heavy atom. The van der Waals surface area contributed by atoms with Gasteiger partial charge in [-0.1, -0.05) is 23.7 Å². The molecular weight excluding hydrogens is 476 g/mol. The van der Waals surface area contributed by atoms with Crippen LogP contribution in [0.2, 0.25) is 5.02 Å². The van der Waals surface area contributed by atoms with Crippen molar-refractivity contribution in [3.63, 3.8) is 0 Å². The lowest BCUT2D eigenvalue weighted by Gasteiger charge is -2.21. The van der Waals surface area contributed by atoms with Gasteiger partial charge in [-0.25, -0.2) is 9.97 Å². The van der Waals surface area contributed by atoms with Crippen LogP contribution in [-0.4, -0.2) is 38.9 Å². The molecule has 5 rings (SSSR count). The quantitative estimate of drug-likeness (QED) is 0.421. The van der Waals surface area contributed by atoms with Gasteiger partial charge in [-0.05, 0) is 48.6 Å². The molecule has 9 heteroatoms. The number of amides is 1. The van der Waals surface area contributed by atoms with Gasteiger partial charge >= 0.3 is 0 Å². The number of hydrogen-bond donors (Lipinski definition) is 1. The third kappa shape index (κ3) is 5.23. The van der Waals surface area contributed by atoms with Gasteiger partial charge < -0.3 is 10.1 Å². The predicted octanol–water partition coefficient (Wildman–Crippen LogP) is 4.38. The highest BCUT2D eigenvalue weighted by atomic mass is 35.5. The number of carbonyl (C=O) groups excluding carboxylic acids is 1. The van der Waals surface area contributed by atoms with Crippen molar-refractivity contribution in [3.05, 3.63) is 88.1 Å². The zero-order valence-electron chi connectivity index (χ0n) is 19.8. The fraction of sp³-hybridized carbons (Fsp3) is 0.296. The molecule has 0 saturated carbocycles. The van der Waals surface area contributed by atoms with Crippen LogP contribution in [-0.2, 0) is 18.2 Å². The molecular formula is C27H25ClN6O2. The van der Waals surface area contributed by atoms with Crippen LogP contribution in [0.25, 0.3) is 10.9 Å². The summed E-state index contributed by atoms with van der Waals surface area (Å²) in [4.78, 5) is 22.7. The molecule has 0 spiro atoms. The highest BCUT2D eigenvalue weighted by molar-refractivity contribution is 6.31. The van der Waals surface area contributed by atoms with E-state index < -0.39 is 6.04 Å². The Labute approximate surface area is 213 Å². The number of nitrogens with zero attached hydrogens (tertiary/aromatic N) is 5. The lowest BCUT2D eigenvalue weighted by atomic mass is 9.96. The number of hydrogen-bond acceptors (Lipinski definition) is 6. The molecule has 36 heavy (non-hydrogen) atoms. The third-order valence-corrected chi connectivity index (χ3v) is 6.80. The highest BCUT2D eigenvalue weighted by Crippen LogP contribution is 2.27. The molecule has 182 valence electrons. The number of carbonyl (C=O) groups is 1. The molecule has 8 nitrogen and oxygen atoms in total. The Hall–Kier alpha value is -3.80. The minimum atomic E-state index is -0.498. The van der Waals surface area contributed by atoms with Crippen LogP contribution in [0.5, 0.6) is 0 Å². The van der Waals surface area contributed by atoms with E-state index in [4.69, 9.17) is 21.3 Å². The van der Waals surface area contributed by atoms with E-state index in [0.29, 0.717) is 22.1 Å². The van der Waals surface area contributed by atoms with E-state index in [1.165, 1.54) is 0 Å². The van der Waals surface area contributed by atoms with E-state index in [2.05, 4.69) is 21.5 Å². The van der Waals surface area contributed by atoms with Gasteiger partial charge in [-0.2, -0.15) is 10.4 Å². The largest absolute Gasteiger partial charge is 0.381 e.